The monoisotopic (exact) mass is 385 g/mol. The third-order valence-electron chi connectivity index (χ3n) is 5.03. The first-order valence-corrected chi connectivity index (χ1v) is 9.23. The number of piperazine rings is 1. The van der Waals surface area contributed by atoms with Gasteiger partial charge in [-0.3, -0.25) is 9.69 Å². The Balaban J connectivity index is 1.66. The molecule has 28 heavy (non-hydrogen) atoms. The predicted octanol–water partition coefficient (Wildman–Crippen LogP) is 2.25. The van der Waals surface area contributed by atoms with Gasteiger partial charge in [0.25, 0.3) is 5.91 Å². The summed E-state index contributed by atoms with van der Waals surface area (Å²) in [6, 6.07) is 11.1. The molecule has 1 saturated heterocycles. The van der Waals surface area contributed by atoms with E-state index >= 15 is 0 Å². The van der Waals surface area contributed by atoms with E-state index in [2.05, 4.69) is 4.90 Å². The van der Waals surface area contributed by atoms with Crippen molar-refractivity contribution in [3.8, 4) is 17.2 Å². The van der Waals surface area contributed by atoms with Crippen LogP contribution in [0, 0.1) is 0 Å². The zero-order valence-corrected chi connectivity index (χ0v) is 16.6. The van der Waals surface area contributed by atoms with Crippen molar-refractivity contribution in [2.75, 3.05) is 53.2 Å². The highest BCUT2D eigenvalue weighted by atomic mass is 16.5. The second-order valence-corrected chi connectivity index (χ2v) is 6.65. The van der Waals surface area contributed by atoms with E-state index in [-0.39, 0.29) is 5.91 Å². The fourth-order valence-corrected chi connectivity index (χ4v) is 3.50. The number of hydrogen-bond acceptors (Lipinski definition) is 6. The maximum absolute atomic E-state index is 12.7. The van der Waals surface area contributed by atoms with Gasteiger partial charge in [-0.2, -0.15) is 0 Å². The molecule has 7 heteroatoms. The molecule has 0 saturated carbocycles. The summed E-state index contributed by atoms with van der Waals surface area (Å²) in [6.07, 6.45) is 0. The Hall–Kier alpha value is -2.93. The molecule has 150 valence electrons. The van der Waals surface area contributed by atoms with Crippen molar-refractivity contribution >= 4 is 11.6 Å². The van der Waals surface area contributed by atoms with Crippen molar-refractivity contribution in [1.29, 1.82) is 0 Å². The van der Waals surface area contributed by atoms with E-state index in [0.29, 0.717) is 48.1 Å². The number of benzene rings is 2. The molecule has 1 heterocycles. The van der Waals surface area contributed by atoms with Crippen LogP contribution in [0.5, 0.6) is 17.2 Å². The van der Waals surface area contributed by atoms with Crippen LogP contribution in [-0.2, 0) is 6.54 Å². The SMILES string of the molecule is COc1ccc(CN2CCN(C(=O)c3ccccc3N)CC2)c(OC)c1OC. The number of amides is 1. The zero-order valence-electron chi connectivity index (χ0n) is 16.6. The number of para-hydroxylation sites is 1. The minimum Gasteiger partial charge on any atom is -0.493 e. The summed E-state index contributed by atoms with van der Waals surface area (Å²) >= 11 is 0. The quantitative estimate of drug-likeness (QED) is 0.769. The van der Waals surface area contributed by atoms with Gasteiger partial charge >= 0.3 is 0 Å². The summed E-state index contributed by atoms with van der Waals surface area (Å²) in [7, 11) is 4.83. The van der Waals surface area contributed by atoms with Gasteiger partial charge < -0.3 is 24.8 Å². The topological polar surface area (TPSA) is 77.3 Å². The molecule has 0 radical (unpaired) electrons. The molecular weight excluding hydrogens is 358 g/mol. The van der Waals surface area contributed by atoms with Crippen LogP contribution in [0.2, 0.25) is 0 Å². The van der Waals surface area contributed by atoms with Gasteiger partial charge in [0.05, 0.1) is 26.9 Å². The third-order valence-corrected chi connectivity index (χ3v) is 5.03. The number of methoxy groups -OCH3 is 3. The lowest BCUT2D eigenvalue weighted by molar-refractivity contribution is 0.0628. The summed E-state index contributed by atoms with van der Waals surface area (Å²) in [4.78, 5) is 16.9. The number of ether oxygens (including phenoxy) is 3. The van der Waals surface area contributed by atoms with Crippen molar-refractivity contribution in [3.63, 3.8) is 0 Å². The smallest absolute Gasteiger partial charge is 0.256 e. The number of nitrogens with zero attached hydrogens (tertiary/aromatic N) is 2. The van der Waals surface area contributed by atoms with Gasteiger partial charge in [-0.25, -0.2) is 0 Å². The molecule has 1 aliphatic rings. The second kappa shape index (κ2) is 8.84. The first-order chi connectivity index (χ1) is 13.6. The Labute approximate surface area is 165 Å². The second-order valence-electron chi connectivity index (χ2n) is 6.65. The molecule has 2 aromatic carbocycles. The summed E-state index contributed by atoms with van der Waals surface area (Å²) in [5.41, 5.74) is 8.05. The molecule has 0 unspecified atom stereocenters. The Morgan fingerprint density at radius 1 is 0.929 bits per heavy atom. The van der Waals surface area contributed by atoms with Crippen LogP contribution >= 0.6 is 0 Å². The predicted molar refractivity (Wildman–Crippen MR) is 108 cm³/mol. The first-order valence-electron chi connectivity index (χ1n) is 9.23. The molecule has 0 bridgehead atoms. The molecule has 0 spiro atoms. The van der Waals surface area contributed by atoms with Crippen LogP contribution in [0.3, 0.4) is 0 Å². The van der Waals surface area contributed by atoms with Gasteiger partial charge in [-0.05, 0) is 18.2 Å². The molecule has 0 aromatic heterocycles. The van der Waals surface area contributed by atoms with E-state index in [1.807, 2.05) is 29.2 Å². The van der Waals surface area contributed by atoms with Crippen molar-refractivity contribution in [3.05, 3.63) is 47.5 Å². The van der Waals surface area contributed by atoms with Crippen molar-refractivity contribution in [2.24, 2.45) is 0 Å². The Bertz CT molecular complexity index is 832. The number of carbonyl (C=O) groups is 1. The summed E-state index contributed by atoms with van der Waals surface area (Å²) in [6.45, 7) is 3.57. The Kier molecular flexibility index (Phi) is 6.26. The number of nitrogens with two attached hydrogens (primary N) is 1. The van der Waals surface area contributed by atoms with E-state index in [1.165, 1.54) is 0 Å². The number of rotatable bonds is 6. The minimum atomic E-state index is -0.0125. The number of hydrogen-bond donors (Lipinski definition) is 1. The van der Waals surface area contributed by atoms with Crippen molar-refractivity contribution in [2.45, 2.75) is 6.54 Å². The van der Waals surface area contributed by atoms with Crippen LogP contribution in [-0.4, -0.2) is 63.2 Å². The summed E-state index contributed by atoms with van der Waals surface area (Å²) in [5, 5.41) is 0. The minimum absolute atomic E-state index is 0.0125. The van der Waals surface area contributed by atoms with E-state index in [9.17, 15) is 4.79 Å². The average molecular weight is 385 g/mol. The molecule has 3 rings (SSSR count). The zero-order chi connectivity index (χ0) is 20.1. The van der Waals surface area contributed by atoms with Crippen LogP contribution in [0.25, 0.3) is 0 Å². The first kappa shape index (κ1) is 19.8. The lowest BCUT2D eigenvalue weighted by Crippen LogP contribution is -2.48. The molecule has 2 N–H and O–H groups in total. The Morgan fingerprint density at radius 2 is 1.61 bits per heavy atom. The highest BCUT2D eigenvalue weighted by Gasteiger charge is 2.25. The largest absolute Gasteiger partial charge is 0.493 e. The molecule has 2 aromatic rings. The van der Waals surface area contributed by atoms with Crippen LogP contribution < -0.4 is 19.9 Å². The number of anilines is 1. The van der Waals surface area contributed by atoms with E-state index in [1.54, 1.807) is 33.5 Å². The molecule has 0 atom stereocenters. The average Bonchev–Trinajstić information content (AvgIpc) is 2.73. The van der Waals surface area contributed by atoms with Gasteiger partial charge in [0, 0.05) is 44.0 Å². The van der Waals surface area contributed by atoms with E-state index in [0.717, 1.165) is 18.7 Å². The standard InChI is InChI=1S/C21H27N3O4/c1-26-18-9-8-15(19(27-2)20(18)28-3)14-23-10-12-24(13-11-23)21(25)16-6-4-5-7-17(16)22/h4-9H,10-14,22H2,1-3H3. The lowest BCUT2D eigenvalue weighted by Gasteiger charge is -2.35. The van der Waals surface area contributed by atoms with Crippen molar-refractivity contribution in [1.82, 2.24) is 9.80 Å². The van der Waals surface area contributed by atoms with Gasteiger partial charge in [0.2, 0.25) is 5.75 Å². The molecule has 1 fully saturated rings. The van der Waals surface area contributed by atoms with E-state index in [4.69, 9.17) is 19.9 Å². The highest BCUT2D eigenvalue weighted by Crippen LogP contribution is 2.40. The third kappa shape index (κ3) is 3.99. The van der Waals surface area contributed by atoms with Crippen molar-refractivity contribution < 1.29 is 19.0 Å². The van der Waals surface area contributed by atoms with E-state index < -0.39 is 0 Å². The highest BCUT2D eigenvalue weighted by molar-refractivity contribution is 5.99. The summed E-state index contributed by atoms with van der Waals surface area (Å²) < 4.78 is 16.4. The molecule has 1 amide bonds. The molecule has 1 aliphatic heterocycles. The molecule has 7 nitrogen and oxygen atoms in total. The maximum atomic E-state index is 12.7. The number of carbonyl (C=O) groups excluding carboxylic acids is 1. The fourth-order valence-electron chi connectivity index (χ4n) is 3.50. The number of nitrogen functional groups attached to an aromatic ring is 1. The maximum Gasteiger partial charge on any atom is 0.256 e. The lowest BCUT2D eigenvalue weighted by atomic mass is 10.1. The van der Waals surface area contributed by atoms with Crippen LogP contribution in [0.4, 0.5) is 5.69 Å². The fraction of sp³-hybridized carbons (Fsp3) is 0.381. The van der Waals surface area contributed by atoms with Crippen LogP contribution in [0.15, 0.2) is 36.4 Å². The van der Waals surface area contributed by atoms with Gasteiger partial charge in [-0.15, -0.1) is 0 Å². The normalized spacial score (nSPS) is 14.6. The van der Waals surface area contributed by atoms with Gasteiger partial charge in [-0.1, -0.05) is 18.2 Å². The van der Waals surface area contributed by atoms with Crippen LogP contribution in [0.1, 0.15) is 15.9 Å². The van der Waals surface area contributed by atoms with Gasteiger partial charge in [0.1, 0.15) is 0 Å². The molecular formula is C21H27N3O4. The Morgan fingerprint density at radius 3 is 2.21 bits per heavy atom. The van der Waals surface area contributed by atoms with Gasteiger partial charge in [0.15, 0.2) is 11.5 Å². The molecule has 0 aliphatic carbocycles. The summed E-state index contributed by atoms with van der Waals surface area (Å²) in [5.74, 6) is 1.90.